The van der Waals surface area contributed by atoms with E-state index in [0.717, 1.165) is 17.6 Å². The molecule has 1 rings (SSSR count). The molecule has 0 bridgehead atoms. The summed E-state index contributed by atoms with van der Waals surface area (Å²) in [6, 6.07) is 0. The van der Waals surface area contributed by atoms with Gasteiger partial charge in [-0.05, 0) is 51.1 Å². The lowest BCUT2D eigenvalue weighted by Crippen LogP contribution is -2.41. The second-order valence-corrected chi connectivity index (χ2v) is 4.57. The second kappa shape index (κ2) is 5.51. The molecule has 0 saturated carbocycles. The van der Waals surface area contributed by atoms with E-state index < -0.39 is 0 Å². The molecule has 1 aliphatic heterocycles. The Morgan fingerprint density at radius 2 is 2.07 bits per heavy atom. The molecule has 4 heteroatoms. The molecule has 1 heterocycles. The smallest absolute Gasteiger partial charge is 0.168 e. The van der Waals surface area contributed by atoms with Crippen molar-refractivity contribution in [2.45, 2.75) is 12.8 Å². The van der Waals surface area contributed by atoms with Crippen molar-refractivity contribution in [1.82, 2.24) is 15.1 Å². The van der Waals surface area contributed by atoms with Gasteiger partial charge < -0.3 is 15.1 Å². The Kier molecular flexibility index (Phi) is 4.62. The lowest BCUT2D eigenvalue weighted by molar-refractivity contribution is 0.200. The van der Waals surface area contributed by atoms with Crippen molar-refractivity contribution in [2.24, 2.45) is 5.92 Å². The van der Waals surface area contributed by atoms with E-state index in [2.05, 4.69) is 29.2 Å². The summed E-state index contributed by atoms with van der Waals surface area (Å²) in [7, 11) is 6.14. The highest BCUT2D eigenvalue weighted by atomic mass is 32.1. The molecule has 0 aromatic rings. The number of thiocarbonyl (C=S) groups is 1. The van der Waals surface area contributed by atoms with Crippen LogP contribution in [0.4, 0.5) is 0 Å². The van der Waals surface area contributed by atoms with Crippen LogP contribution in [0.2, 0.25) is 0 Å². The fourth-order valence-electron chi connectivity index (χ4n) is 1.91. The molecule has 0 radical (unpaired) electrons. The largest absolute Gasteiger partial charge is 0.366 e. The van der Waals surface area contributed by atoms with Crippen LogP contribution in [0.3, 0.4) is 0 Å². The van der Waals surface area contributed by atoms with E-state index in [0.29, 0.717) is 0 Å². The number of hydrogen-bond acceptors (Lipinski definition) is 2. The molecule has 1 N–H and O–H groups in total. The van der Waals surface area contributed by atoms with E-state index in [-0.39, 0.29) is 0 Å². The van der Waals surface area contributed by atoms with Gasteiger partial charge in [-0.2, -0.15) is 0 Å². The maximum absolute atomic E-state index is 5.17. The average Bonchev–Trinajstić information content (AvgIpc) is 2.20. The van der Waals surface area contributed by atoms with Gasteiger partial charge in [0.2, 0.25) is 0 Å². The minimum Gasteiger partial charge on any atom is -0.366 e. The Labute approximate surface area is 92.4 Å². The van der Waals surface area contributed by atoms with E-state index in [1.807, 2.05) is 7.05 Å². The third kappa shape index (κ3) is 3.42. The summed E-state index contributed by atoms with van der Waals surface area (Å²) in [5.74, 6) is 0.808. The summed E-state index contributed by atoms with van der Waals surface area (Å²) in [6.07, 6.45) is 2.60. The van der Waals surface area contributed by atoms with E-state index in [1.54, 1.807) is 0 Å². The molecule has 0 spiro atoms. The number of nitrogens with zero attached hydrogens (tertiary/aromatic N) is 2. The third-order valence-electron chi connectivity index (χ3n) is 2.93. The van der Waals surface area contributed by atoms with Crippen LogP contribution in [0.5, 0.6) is 0 Å². The third-order valence-corrected chi connectivity index (χ3v) is 3.45. The van der Waals surface area contributed by atoms with Gasteiger partial charge in [-0.1, -0.05) is 0 Å². The molecular formula is C10H21N3S. The van der Waals surface area contributed by atoms with Gasteiger partial charge in [0.1, 0.15) is 0 Å². The van der Waals surface area contributed by atoms with Gasteiger partial charge >= 0.3 is 0 Å². The Bertz CT molecular complexity index is 188. The Morgan fingerprint density at radius 1 is 1.50 bits per heavy atom. The van der Waals surface area contributed by atoms with Crippen LogP contribution in [0, 0.1) is 5.92 Å². The van der Waals surface area contributed by atoms with Gasteiger partial charge in [0.25, 0.3) is 0 Å². The van der Waals surface area contributed by atoms with Crippen molar-refractivity contribution in [3.63, 3.8) is 0 Å². The molecule has 0 aromatic carbocycles. The van der Waals surface area contributed by atoms with Gasteiger partial charge in [-0.25, -0.2) is 0 Å². The first kappa shape index (κ1) is 11.7. The summed E-state index contributed by atoms with van der Waals surface area (Å²) in [6.45, 7) is 3.54. The Hall–Kier alpha value is -0.350. The highest BCUT2D eigenvalue weighted by Gasteiger charge is 2.18. The summed E-state index contributed by atoms with van der Waals surface area (Å²) >= 11 is 5.17. The lowest BCUT2D eigenvalue weighted by Gasteiger charge is -2.32. The van der Waals surface area contributed by atoms with E-state index in [1.165, 1.54) is 25.9 Å². The molecule has 0 atom stereocenters. The number of hydrogen-bond donors (Lipinski definition) is 1. The van der Waals surface area contributed by atoms with Crippen LogP contribution in [0.25, 0.3) is 0 Å². The molecule has 14 heavy (non-hydrogen) atoms. The summed E-state index contributed by atoms with van der Waals surface area (Å²) < 4.78 is 0. The topological polar surface area (TPSA) is 18.5 Å². The zero-order valence-corrected chi connectivity index (χ0v) is 10.2. The summed E-state index contributed by atoms with van der Waals surface area (Å²) in [4.78, 5) is 4.54. The summed E-state index contributed by atoms with van der Waals surface area (Å²) in [5, 5.41) is 3.86. The maximum Gasteiger partial charge on any atom is 0.168 e. The zero-order chi connectivity index (χ0) is 10.6. The number of piperidine rings is 1. The molecule has 0 unspecified atom stereocenters. The zero-order valence-electron chi connectivity index (χ0n) is 9.42. The van der Waals surface area contributed by atoms with E-state index in [9.17, 15) is 0 Å². The quantitative estimate of drug-likeness (QED) is 0.685. The van der Waals surface area contributed by atoms with Crippen molar-refractivity contribution in [3.05, 3.63) is 0 Å². The highest BCUT2D eigenvalue weighted by Crippen LogP contribution is 2.16. The van der Waals surface area contributed by atoms with Gasteiger partial charge in [0.05, 0.1) is 0 Å². The Balaban J connectivity index is 2.27. The molecule has 3 nitrogen and oxygen atoms in total. The highest BCUT2D eigenvalue weighted by molar-refractivity contribution is 7.80. The first-order valence-corrected chi connectivity index (χ1v) is 5.65. The fraction of sp³-hybridized carbons (Fsp3) is 0.900. The van der Waals surface area contributed by atoms with Gasteiger partial charge in [0, 0.05) is 20.6 Å². The number of likely N-dealkylation sites (tertiary alicyclic amines) is 1. The van der Waals surface area contributed by atoms with Crippen molar-refractivity contribution in [1.29, 1.82) is 0 Å². The van der Waals surface area contributed by atoms with Crippen molar-refractivity contribution in [3.8, 4) is 0 Å². The Morgan fingerprint density at radius 3 is 2.57 bits per heavy atom. The monoisotopic (exact) mass is 215 g/mol. The minimum atomic E-state index is 0.808. The first-order valence-electron chi connectivity index (χ1n) is 5.25. The maximum atomic E-state index is 5.17. The predicted octanol–water partition coefficient (Wildman–Crippen LogP) is 0.764. The van der Waals surface area contributed by atoms with Crippen molar-refractivity contribution >= 4 is 17.3 Å². The van der Waals surface area contributed by atoms with Gasteiger partial charge in [-0.3, -0.25) is 0 Å². The number of rotatable bonds is 2. The van der Waals surface area contributed by atoms with Crippen LogP contribution < -0.4 is 5.32 Å². The SMILES string of the molecule is CNC(=S)N(C)CC1CCN(C)CC1. The fourth-order valence-corrected chi connectivity index (χ4v) is 1.98. The van der Waals surface area contributed by atoms with Crippen LogP contribution in [0.1, 0.15) is 12.8 Å². The van der Waals surface area contributed by atoms with Crippen LogP contribution in [-0.4, -0.2) is 55.7 Å². The lowest BCUT2D eigenvalue weighted by atomic mass is 9.97. The molecule has 0 aliphatic carbocycles. The average molecular weight is 215 g/mol. The normalized spacial score (nSPS) is 19.4. The molecular weight excluding hydrogens is 194 g/mol. The van der Waals surface area contributed by atoms with Crippen LogP contribution in [0.15, 0.2) is 0 Å². The second-order valence-electron chi connectivity index (χ2n) is 4.18. The van der Waals surface area contributed by atoms with Crippen molar-refractivity contribution < 1.29 is 0 Å². The van der Waals surface area contributed by atoms with Crippen molar-refractivity contribution in [2.75, 3.05) is 40.8 Å². The van der Waals surface area contributed by atoms with Crippen LogP contribution >= 0.6 is 12.2 Å². The first-order chi connectivity index (χ1) is 6.63. The van der Waals surface area contributed by atoms with Crippen LogP contribution in [-0.2, 0) is 0 Å². The predicted molar refractivity (Wildman–Crippen MR) is 64.5 cm³/mol. The standard InChI is InChI=1S/C10H21N3S/c1-11-10(14)13(3)8-9-4-6-12(2)7-5-9/h9H,4-8H2,1-3H3,(H,11,14). The summed E-state index contributed by atoms with van der Waals surface area (Å²) in [5.41, 5.74) is 0. The molecule has 1 fully saturated rings. The molecule has 1 saturated heterocycles. The molecule has 0 amide bonds. The van der Waals surface area contributed by atoms with Gasteiger partial charge in [0.15, 0.2) is 5.11 Å². The molecule has 0 aromatic heterocycles. The van der Waals surface area contributed by atoms with Gasteiger partial charge in [-0.15, -0.1) is 0 Å². The molecule has 82 valence electrons. The van der Waals surface area contributed by atoms with E-state index >= 15 is 0 Å². The minimum absolute atomic E-state index is 0.808. The molecule has 1 aliphatic rings. The number of nitrogens with one attached hydrogen (secondary N) is 1. The van der Waals surface area contributed by atoms with E-state index in [4.69, 9.17) is 12.2 Å².